The number of nitrogens with zero attached hydrogens (tertiary/aromatic N) is 1. The summed E-state index contributed by atoms with van der Waals surface area (Å²) in [5.41, 5.74) is 4.25. The number of hydrogen-bond acceptors (Lipinski definition) is 3. The molecule has 1 fully saturated rings. The number of rotatable bonds is 2. The molecule has 0 amide bonds. The number of fused-ring (bicyclic) bond motifs is 1. The predicted octanol–water partition coefficient (Wildman–Crippen LogP) is 1.35. The Bertz CT molecular complexity index is 342. The fourth-order valence-electron chi connectivity index (χ4n) is 2.50. The first-order valence-electron chi connectivity index (χ1n) is 5.77. The fraction of sp³-hybridized carbons (Fsp3) is 0.727. The smallest absolute Gasteiger partial charge is 0.0668 e. The Morgan fingerprint density at radius 2 is 2.47 bits per heavy atom. The van der Waals surface area contributed by atoms with E-state index < -0.39 is 0 Å². The molecule has 1 unspecified atom stereocenters. The zero-order valence-electron chi connectivity index (χ0n) is 8.88. The van der Waals surface area contributed by atoms with Crippen molar-refractivity contribution in [2.45, 2.75) is 25.0 Å². The van der Waals surface area contributed by atoms with Gasteiger partial charge in [-0.2, -0.15) is 16.9 Å². The number of nitrogens with one attached hydrogen (secondary N) is 2. The van der Waals surface area contributed by atoms with E-state index in [4.69, 9.17) is 0 Å². The second kappa shape index (κ2) is 4.18. The van der Waals surface area contributed by atoms with E-state index in [0.29, 0.717) is 0 Å². The summed E-state index contributed by atoms with van der Waals surface area (Å²) < 4.78 is 0. The summed E-state index contributed by atoms with van der Waals surface area (Å²) in [5, 5.41) is 11.1. The molecular weight excluding hydrogens is 206 g/mol. The molecule has 1 aromatic rings. The highest BCUT2D eigenvalue weighted by molar-refractivity contribution is 7.98. The van der Waals surface area contributed by atoms with Crippen LogP contribution in [0.1, 0.15) is 23.4 Å². The molecule has 15 heavy (non-hydrogen) atoms. The Labute approximate surface area is 94.4 Å². The lowest BCUT2D eigenvalue weighted by Crippen LogP contribution is -2.12. The highest BCUT2D eigenvalue weighted by atomic mass is 32.2. The van der Waals surface area contributed by atoms with Crippen LogP contribution in [-0.2, 0) is 18.6 Å². The van der Waals surface area contributed by atoms with Crippen LogP contribution in [0.2, 0.25) is 0 Å². The molecule has 2 N–H and O–H groups in total. The minimum absolute atomic E-state index is 0.810. The van der Waals surface area contributed by atoms with Crippen LogP contribution in [0.3, 0.4) is 0 Å². The molecule has 1 saturated heterocycles. The van der Waals surface area contributed by atoms with Crippen LogP contribution in [-0.4, -0.2) is 29.0 Å². The first kappa shape index (κ1) is 9.73. The number of H-pyrrole nitrogens is 1. The average molecular weight is 223 g/mol. The van der Waals surface area contributed by atoms with Crippen molar-refractivity contribution >= 4 is 11.8 Å². The van der Waals surface area contributed by atoms with Gasteiger partial charge in [-0.15, -0.1) is 0 Å². The van der Waals surface area contributed by atoms with Crippen LogP contribution >= 0.6 is 11.8 Å². The molecule has 0 spiro atoms. The second-order valence-electron chi connectivity index (χ2n) is 4.49. The summed E-state index contributed by atoms with van der Waals surface area (Å²) >= 11 is 2.04. The summed E-state index contributed by atoms with van der Waals surface area (Å²) in [6, 6.07) is 0. The molecule has 0 radical (unpaired) electrons. The zero-order chi connectivity index (χ0) is 10.1. The SMILES string of the molecule is C1CC(Cc2n[nH]c3c2CSCC3)CN1. The third kappa shape index (κ3) is 1.93. The number of aryl methyl sites for hydroxylation is 1. The molecule has 2 aliphatic heterocycles. The van der Waals surface area contributed by atoms with Gasteiger partial charge in [-0.05, 0) is 44.0 Å². The lowest BCUT2D eigenvalue weighted by molar-refractivity contribution is 0.569. The third-order valence-electron chi connectivity index (χ3n) is 3.43. The number of hydrogen-bond donors (Lipinski definition) is 2. The van der Waals surface area contributed by atoms with Crippen molar-refractivity contribution in [2.75, 3.05) is 18.8 Å². The van der Waals surface area contributed by atoms with E-state index in [1.54, 1.807) is 0 Å². The highest BCUT2D eigenvalue weighted by Gasteiger charge is 2.21. The van der Waals surface area contributed by atoms with Crippen molar-refractivity contribution < 1.29 is 0 Å². The molecule has 3 rings (SSSR count). The van der Waals surface area contributed by atoms with Crippen molar-refractivity contribution in [3.8, 4) is 0 Å². The molecule has 0 aliphatic carbocycles. The van der Waals surface area contributed by atoms with Crippen molar-refractivity contribution in [3.63, 3.8) is 0 Å². The number of aromatic amines is 1. The predicted molar refractivity (Wildman–Crippen MR) is 63.1 cm³/mol. The van der Waals surface area contributed by atoms with Gasteiger partial charge in [0.05, 0.1) is 5.69 Å². The van der Waals surface area contributed by atoms with E-state index in [-0.39, 0.29) is 0 Å². The number of thioether (sulfide) groups is 1. The van der Waals surface area contributed by atoms with Gasteiger partial charge in [0.1, 0.15) is 0 Å². The van der Waals surface area contributed by atoms with E-state index in [1.807, 2.05) is 11.8 Å². The molecular formula is C11H17N3S. The van der Waals surface area contributed by atoms with E-state index in [1.165, 1.54) is 60.8 Å². The van der Waals surface area contributed by atoms with Crippen LogP contribution in [0.4, 0.5) is 0 Å². The summed E-state index contributed by atoms with van der Waals surface area (Å²) in [6.45, 7) is 2.36. The largest absolute Gasteiger partial charge is 0.316 e. The van der Waals surface area contributed by atoms with Gasteiger partial charge < -0.3 is 5.32 Å². The van der Waals surface area contributed by atoms with Crippen LogP contribution in [0.25, 0.3) is 0 Å². The Kier molecular flexibility index (Phi) is 2.71. The maximum absolute atomic E-state index is 4.50. The minimum atomic E-state index is 0.810. The Morgan fingerprint density at radius 1 is 1.47 bits per heavy atom. The van der Waals surface area contributed by atoms with Gasteiger partial charge in [-0.3, -0.25) is 5.10 Å². The van der Waals surface area contributed by atoms with E-state index in [2.05, 4.69) is 15.5 Å². The Balaban J connectivity index is 1.76. The van der Waals surface area contributed by atoms with Crippen molar-refractivity contribution in [2.24, 2.45) is 5.92 Å². The molecule has 3 heterocycles. The number of aromatic nitrogens is 2. The topological polar surface area (TPSA) is 40.7 Å². The lowest BCUT2D eigenvalue weighted by atomic mass is 9.99. The van der Waals surface area contributed by atoms with Crippen molar-refractivity contribution in [1.82, 2.24) is 15.5 Å². The standard InChI is InChI=1S/C11H17N3S/c1-3-12-6-8(1)5-11-9-7-15-4-2-10(9)13-14-11/h8,12H,1-7H2,(H,13,14). The quantitative estimate of drug-likeness (QED) is 0.795. The summed E-state index contributed by atoms with van der Waals surface area (Å²) in [4.78, 5) is 0. The average Bonchev–Trinajstić information content (AvgIpc) is 2.89. The monoisotopic (exact) mass is 223 g/mol. The minimum Gasteiger partial charge on any atom is -0.316 e. The summed E-state index contributed by atoms with van der Waals surface area (Å²) in [5.74, 6) is 3.23. The van der Waals surface area contributed by atoms with Gasteiger partial charge in [0.25, 0.3) is 0 Å². The van der Waals surface area contributed by atoms with Gasteiger partial charge in [-0.1, -0.05) is 0 Å². The molecule has 1 aromatic heterocycles. The van der Waals surface area contributed by atoms with Gasteiger partial charge in [0.2, 0.25) is 0 Å². The van der Waals surface area contributed by atoms with Gasteiger partial charge >= 0.3 is 0 Å². The fourth-order valence-corrected chi connectivity index (χ4v) is 3.54. The van der Waals surface area contributed by atoms with Crippen molar-refractivity contribution in [1.29, 1.82) is 0 Å². The Hall–Kier alpha value is -0.480. The third-order valence-corrected chi connectivity index (χ3v) is 4.41. The molecule has 82 valence electrons. The van der Waals surface area contributed by atoms with Crippen LogP contribution in [0.15, 0.2) is 0 Å². The van der Waals surface area contributed by atoms with Crippen LogP contribution < -0.4 is 5.32 Å². The van der Waals surface area contributed by atoms with E-state index in [9.17, 15) is 0 Å². The molecule has 1 atom stereocenters. The zero-order valence-corrected chi connectivity index (χ0v) is 9.70. The second-order valence-corrected chi connectivity index (χ2v) is 5.60. The van der Waals surface area contributed by atoms with Gasteiger partial charge in [0, 0.05) is 17.0 Å². The maximum atomic E-state index is 4.50. The van der Waals surface area contributed by atoms with Crippen molar-refractivity contribution in [3.05, 3.63) is 17.0 Å². The normalized spacial score (nSPS) is 25.5. The van der Waals surface area contributed by atoms with Gasteiger partial charge in [-0.25, -0.2) is 0 Å². The van der Waals surface area contributed by atoms with Gasteiger partial charge in [0.15, 0.2) is 0 Å². The maximum Gasteiger partial charge on any atom is 0.0668 e. The van der Waals surface area contributed by atoms with Crippen LogP contribution in [0, 0.1) is 5.92 Å². The molecule has 0 aromatic carbocycles. The van der Waals surface area contributed by atoms with Crippen LogP contribution in [0.5, 0.6) is 0 Å². The lowest BCUT2D eigenvalue weighted by Gasteiger charge is -2.12. The first-order valence-corrected chi connectivity index (χ1v) is 6.92. The molecule has 3 nitrogen and oxygen atoms in total. The highest BCUT2D eigenvalue weighted by Crippen LogP contribution is 2.27. The molecule has 0 bridgehead atoms. The molecule has 2 aliphatic rings. The first-order chi connectivity index (χ1) is 7.43. The Morgan fingerprint density at radius 3 is 3.33 bits per heavy atom. The van der Waals surface area contributed by atoms with E-state index in [0.717, 1.165) is 5.92 Å². The summed E-state index contributed by atoms with van der Waals surface area (Å²) in [7, 11) is 0. The molecule has 0 saturated carbocycles. The van der Waals surface area contributed by atoms with E-state index >= 15 is 0 Å². The summed E-state index contributed by atoms with van der Waals surface area (Å²) in [6.07, 6.45) is 3.66. The molecule has 4 heteroatoms.